The lowest BCUT2D eigenvalue weighted by atomic mass is 9.99. The number of hydrogen-bond donors (Lipinski definition) is 0. The smallest absolute Gasteiger partial charge is 0.119 e. The molecule has 0 amide bonds. The Balaban J connectivity index is 1.84. The molecule has 1 nitrogen and oxygen atoms in total. The predicted octanol–water partition coefficient (Wildman–Crippen LogP) is 4.77. The summed E-state index contributed by atoms with van der Waals surface area (Å²) in [6.45, 7) is 5.41. The van der Waals surface area contributed by atoms with Crippen molar-refractivity contribution >= 4 is 0 Å². The Morgan fingerprint density at radius 2 is 1.82 bits per heavy atom. The molecule has 17 heavy (non-hydrogen) atoms. The van der Waals surface area contributed by atoms with Crippen LogP contribution in [0.5, 0.6) is 5.75 Å². The van der Waals surface area contributed by atoms with Crippen molar-refractivity contribution in [2.24, 2.45) is 5.92 Å². The third-order valence-corrected chi connectivity index (χ3v) is 4.02. The molecule has 1 saturated carbocycles. The van der Waals surface area contributed by atoms with Crippen LogP contribution in [0, 0.1) is 5.92 Å². The Hall–Kier alpha value is -0.980. The Kier molecular flexibility index (Phi) is 4.47. The molecule has 0 aliphatic heterocycles. The molecule has 1 unspecified atom stereocenters. The van der Waals surface area contributed by atoms with E-state index in [-0.39, 0.29) is 0 Å². The molecule has 0 radical (unpaired) electrons. The van der Waals surface area contributed by atoms with Gasteiger partial charge in [0, 0.05) is 0 Å². The van der Waals surface area contributed by atoms with E-state index >= 15 is 0 Å². The Labute approximate surface area is 105 Å². The van der Waals surface area contributed by atoms with Crippen molar-refractivity contribution in [1.29, 1.82) is 0 Å². The molecule has 1 aromatic rings. The summed E-state index contributed by atoms with van der Waals surface area (Å²) in [6, 6.07) is 8.66. The van der Waals surface area contributed by atoms with Crippen molar-refractivity contribution in [2.75, 3.05) is 6.61 Å². The van der Waals surface area contributed by atoms with E-state index in [2.05, 4.69) is 38.1 Å². The van der Waals surface area contributed by atoms with Gasteiger partial charge in [0.15, 0.2) is 0 Å². The van der Waals surface area contributed by atoms with Crippen LogP contribution in [-0.2, 0) is 0 Å². The van der Waals surface area contributed by atoms with Crippen LogP contribution in [-0.4, -0.2) is 6.61 Å². The Bertz CT molecular complexity index is 322. The molecule has 2 rings (SSSR count). The summed E-state index contributed by atoms with van der Waals surface area (Å²) in [6.07, 6.45) is 6.68. The maximum absolute atomic E-state index is 5.86. The number of rotatable bonds is 5. The van der Waals surface area contributed by atoms with Crippen LogP contribution in [0.2, 0.25) is 0 Å². The molecular weight excluding hydrogens is 208 g/mol. The van der Waals surface area contributed by atoms with E-state index in [9.17, 15) is 0 Å². The molecule has 1 aromatic carbocycles. The summed E-state index contributed by atoms with van der Waals surface area (Å²) in [7, 11) is 0. The van der Waals surface area contributed by atoms with Gasteiger partial charge in [0.1, 0.15) is 5.75 Å². The third kappa shape index (κ3) is 3.49. The molecule has 0 bridgehead atoms. The molecular formula is C16H24O. The zero-order chi connectivity index (χ0) is 12.1. The fourth-order valence-corrected chi connectivity index (χ4v) is 2.52. The van der Waals surface area contributed by atoms with Crippen LogP contribution >= 0.6 is 0 Å². The molecule has 0 N–H and O–H groups in total. The summed E-state index contributed by atoms with van der Waals surface area (Å²) < 4.78 is 5.86. The molecule has 0 saturated heterocycles. The SMILES string of the molecule is CCC(C)c1ccc(OCC2CCCC2)cc1. The topological polar surface area (TPSA) is 9.23 Å². The molecule has 1 aliphatic carbocycles. The van der Waals surface area contributed by atoms with Crippen molar-refractivity contribution in [3.8, 4) is 5.75 Å². The Morgan fingerprint density at radius 3 is 2.41 bits per heavy atom. The van der Waals surface area contributed by atoms with Gasteiger partial charge < -0.3 is 4.74 Å². The standard InChI is InChI=1S/C16H24O/c1-3-13(2)15-8-10-16(11-9-15)17-12-14-6-4-5-7-14/h8-11,13-14H,3-7,12H2,1-2H3. The van der Waals surface area contributed by atoms with Gasteiger partial charge in [0.2, 0.25) is 0 Å². The fourth-order valence-electron chi connectivity index (χ4n) is 2.52. The average Bonchev–Trinajstić information content (AvgIpc) is 2.89. The van der Waals surface area contributed by atoms with E-state index < -0.39 is 0 Å². The zero-order valence-corrected chi connectivity index (χ0v) is 11.1. The van der Waals surface area contributed by atoms with Crippen LogP contribution in [0.15, 0.2) is 24.3 Å². The molecule has 1 heteroatoms. The van der Waals surface area contributed by atoms with E-state index in [1.54, 1.807) is 0 Å². The highest BCUT2D eigenvalue weighted by Gasteiger charge is 2.15. The number of ether oxygens (including phenoxy) is 1. The van der Waals surface area contributed by atoms with Crippen molar-refractivity contribution < 1.29 is 4.74 Å². The molecule has 1 aliphatic rings. The van der Waals surface area contributed by atoms with Gasteiger partial charge in [-0.1, -0.05) is 38.8 Å². The lowest BCUT2D eigenvalue weighted by molar-refractivity contribution is 0.252. The second-order valence-corrected chi connectivity index (χ2v) is 5.34. The van der Waals surface area contributed by atoms with Crippen LogP contribution < -0.4 is 4.74 Å². The second-order valence-electron chi connectivity index (χ2n) is 5.34. The van der Waals surface area contributed by atoms with Crippen molar-refractivity contribution in [2.45, 2.75) is 51.9 Å². The van der Waals surface area contributed by atoms with Crippen molar-refractivity contribution in [3.63, 3.8) is 0 Å². The summed E-state index contributed by atoms with van der Waals surface area (Å²) in [4.78, 5) is 0. The highest BCUT2D eigenvalue weighted by molar-refractivity contribution is 5.29. The van der Waals surface area contributed by atoms with Gasteiger partial charge in [0.05, 0.1) is 6.61 Å². The minimum Gasteiger partial charge on any atom is -0.493 e. The highest BCUT2D eigenvalue weighted by Crippen LogP contribution is 2.26. The molecule has 94 valence electrons. The van der Waals surface area contributed by atoms with Gasteiger partial charge in [-0.15, -0.1) is 0 Å². The van der Waals surface area contributed by atoms with Gasteiger partial charge in [-0.2, -0.15) is 0 Å². The van der Waals surface area contributed by atoms with E-state index in [1.165, 1.54) is 37.7 Å². The quantitative estimate of drug-likeness (QED) is 0.710. The fraction of sp³-hybridized carbons (Fsp3) is 0.625. The molecule has 0 spiro atoms. The Morgan fingerprint density at radius 1 is 1.18 bits per heavy atom. The van der Waals surface area contributed by atoms with Crippen molar-refractivity contribution in [1.82, 2.24) is 0 Å². The molecule has 1 fully saturated rings. The van der Waals surface area contributed by atoms with Crippen molar-refractivity contribution in [3.05, 3.63) is 29.8 Å². The van der Waals surface area contributed by atoms with Gasteiger partial charge >= 0.3 is 0 Å². The van der Waals surface area contributed by atoms with Gasteiger partial charge in [-0.25, -0.2) is 0 Å². The van der Waals surface area contributed by atoms with Crippen LogP contribution in [0.4, 0.5) is 0 Å². The third-order valence-electron chi connectivity index (χ3n) is 4.02. The van der Waals surface area contributed by atoms with Crippen LogP contribution in [0.3, 0.4) is 0 Å². The lowest BCUT2D eigenvalue weighted by Gasteiger charge is -2.13. The molecule has 0 aromatic heterocycles. The average molecular weight is 232 g/mol. The highest BCUT2D eigenvalue weighted by atomic mass is 16.5. The molecule has 1 atom stereocenters. The second kappa shape index (κ2) is 6.09. The zero-order valence-electron chi connectivity index (χ0n) is 11.1. The monoisotopic (exact) mass is 232 g/mol. The number of benzene rings is 1. The summed E-state index contributed by atoms with van der Waals surface area (Å²) in [5.41, 5.74) is 1.42. The first-order valence-corrected chi connectivity index (χ1v) is 7.02. The van der Waals surface area contributed by atoms with Gasteiger partial charge in [0.25, 0.3) is 0 Å². The summed E-state index contributed by atoms with van der Waals surface area (Å²) in [5.74, 6) is 2.48. The summed E-state index contributed by atoms with van der Waals surface area (Å²) >= 11 is 0. The van der Waals surface area contributed by atoms with E-state index in [1.807, 2.05) is 0 Å². The van der Waals surface area contributed by atoms with Gasteiger partial charge in [-0.05, 0) is 48.8 Å². The predicted molar refractivity (Wildman–Crippen MR) is 72.6 cm³/mol. The van der Waals surface area contributed by atoms with E-state index in [0.29, 0.717) is 5.92 Å². The normalized spacial score (nSPS) is 18.2. The minimum atomic E-state index is 0.652. The first-order valence-electron chi connectivity index (χ1n) is 7.02. The van der Waals surface area contributed by atoms with Gasteiger partial charge in [-0.3, -0.25) is 0 Å². The number of hydrogen-bond acceptors (Lipinski definition) is 1. The lowest BCUT2D eigenvalue weighted by Crippen LogP contribution is -2.07. The van der Waals surface area contributed by atoms with E-state index in [4.69, 9.17) is 4.74 Å². The largest absolute Gasteiger partial charge is 0.493 e. The minimum absolute atomic E-state index is 0.652. The van der Waals surface area contributed by atoms with E-state index in [0.717, 1.165) is 18.3 Å². The maximum Gasteiger partial charge on any atom is 0.119 e. The first-order chi connectivity index (χ1) is 8.29. The summed E-state index contributed by atoms with van der Waals surface area (Å²) in [5, 5.41) is 0. The van der Waals surface area contributed by atoms with Crippen LogP contribution in [0.25, 0.3) is 0 Å². The van der Waals surface area contributed by atoms with Crippen LogP contribution in [0.1, 0.15) is 57.4 Å². The first kappa shape index (κ1) is 12.5. The maximum atomic E-state index is 5.86. The molecule has 0 heterocycles.